The molecule has 22 heavy (non-hydrogen) atoms. The average Bonchev–Trinajstić information content (AvgIpc) is 2.56. The third-order valence-corrected chi connectivity index (χ3v) is 4.44. The molecular weight excluding hydrogens is 280 g/mol. The summed E-state index contributed by atoms with van der Waals surface area (Å²) < 4.78 is 5.34. The van der Waals surface area contributed by atoms with E-state index in [-0.39, 0.29) is 17.9 Å². The largest absolute Gasteiger partial charge is 0.378 e. The summed E-state index contributed by atoms with van der Waals surface area (Å²) in [5.41, 5.74) is 6.70. The summed E-state index contributed by atoms with van der Waals surface area (Å²) in [6.45, 7) is 3.20. The first kappa shape index (κ1) is 15.2. The molecule has 6 heteroatoms. The van der Waals surface area contributed by atoms with Gasteiger partial charge in [-0.25, -0.2) is 4.98 Å². The molecule has 6 nitrogen and oxygen atoms in total. The average molecular weight is 304 g/mol. The molecule has 2 heterocycles. The molecule has 1 aliphatic carbocycles. The number of hydrogen-bond acceptors (Lipinski definition) is 5. The summed E-state index contributed by atoms with van der Waals surface area (Å²) in [7, 11) is 0. The van der Waals surface area contributed by atoms with Gasteiger partial charge in [0.05, 0.1) is 25.1 Å². The van der Waals surface area contributed by atoms with E-state index in [9.17, 15) is 4.79 Å². The van der Waals surface area contributed by atoms with Gasteiger partial charge in [0, 0.05) is 25.0 Å². The maximum Gasteiger partial charge on any atom is 0.227 e. The highest BCUT2D eigenvalue weighted by molar-refractivity contribution is 5.92. The first-order valence-corrected chi connectivity index (χ1v) is 8.07. The van der Waals surface area contributed by atoms with E-state index in [0.717, 1.165) is 63.5 Å². The standard InChI is InChI=1S/C16H24N4O2/c17-13-3-1-2-12(10-13)16(21)19-14-4-5-15(18-11-14)20-6-8-22-9-7-20/h4-5,11-13H,1-3,6-10,17H2,(H,19,21). The van der Waals surface area contributed by atoms with Crippen LogP contribution >= 0.6 is 0 Å². The molecule has 1 aromatic heterocycles. The number of amides is 1. The van der Waals surface area contributed by atoms with Crippen LogP contribution in [0.2, 0.25) is 0 Å². The predicted octanol–water partition coefficient (Wildman–Crippen LogP) is 1.37. The number of carbonyl (C=O) groups excluding carboxylic acids is 1. The molecule has 0 aromatic carbocycles. The summed E-state index contributed by atoms with van der Waals surface area (Å²) in [4.78, 5) is 18.9. The van der Waals surface area contributed by atoms with Crippen LogP contribution in [0.15, 0.2) is 18.3 Å². The number of nitrogens with two attached hydrogens (primary N) is 1. The van der Waals surface area contributed by atoms with E-state index < -0.39 is 0 Å². The molecule has 1 aliphatic heterocycles. The van der Waals surface area contributed by atoms with Crippen LogP contribution < -0.4 is 16.0 Å². The number of anilines is 2. The van der Waals surface area contributed by atoms with Crippen LogP contribution in [0.1, 0.15) is 25.7 Å². The van der Waals surface area contributed by atoms with Crippen molar-refractivity contribution in [3.05, 3.63) is 18.3 Å². The Balaban J connectivity index is 1.57. The van der Waals surface area contributed by atoms with Crippen LogP contribution in [0, 0.1) is 5.92 Å². The van der Waals surface area contributed by atoms with Gasteiger partial charge in [-0.1, -0.05) is 6.42 Å². The highest BCUT2D eigenvalue weighted by Gasteiger charge is 2.25. The third kappa shape index (κ3) is 3.75. The lowest BCUT2D eigenvalue weighted by atomic mass is 9.85. The van der Waals surface area contributed by atoms with Crippen molar-refractivity contribution in [3.63, 3.8) is 0 Å². The Morgan fingerprint density at radius 2 is 2.14 bits per heavy atom. The van der Waals surface area contributed by atoms with Gasteiger partial charge in [-0.05, 0) is 31.4 Å². The van der Waals surface area contributed by atoms with Crippen LogP contribution in [0.3, 0.4) is 0 Å². The molecule has 2 unspecified atom stereocenters. The van der Waals surface area contributed by atoms with Crippen molar-refractivity contribution in [1.82, 2.24) is 4.98 Å². The fourth-order valence-corrected chi connectivity index (χ4v) is 3.15. The molecular formula is C16H24N4O2. The lowest BCUT2D eigenvalue weighted by Gasteiger charge is -2.28. The van der Waals surface area contributed by atoms with Gasteiger partial charge in [0.2, 0.25) is 5.91 Å². The lowest BCUT2D eigenvalue weighted by molar-refractivity contribution is -0.120. The van der Waals surface area contributed by atoms with Gasteiger partial charge < -0.3 is 20.7 Å². The SMILES string of the molecule is NC1CCCC(C(=O)Nc2ccc(N3CCOCC3)nc2)C1. The van der Waals surface area contributed by atoms with Gasteiger partial charge in [-0.2, -0.15) is 0 Å². The zero-order chi connectivity index (χ0) is 15.4. The van der Waals surface area contributed by atoms with E-state index >= 15 is 0 Å². The Morgan fingerprint density at radius 1 is 1.32 bits per heavy atom. The van der Waals surface area contributed by atoms with E-state index in [1.54, 1.807) is 6.20 Å². The van der Waals surface area contributed by atoms with Crippen molar-refractivity contribution in [2.75, 3.05) is 36.5 Å². The maximum absolute atomic E-state index is 12.3. The topological polar surface area (TPSA) is 80.5 Å². The summed E-state index contributed by atoms with van der Waals surface area (Å²) in [5.74, 6) is 1.03. The van der Waals surface area contributed by atoms with Crippen molar-refractivity contribution in [2.45, 2.75) is 31.7 Å². The lowest BCUT2D eigenvalue weighted by Crippen LogP contribution is -2.36. The first-order valence-electron chi connectivity index (χ1n) is 8.07. The minimum Gasteiger partial charge on any atom is -0.378 e. The Labute approximate surface area is 131 Å². The summed E-state index contributed by atoms with van der Waals surface area (Å²) in [5, 5.41) is 2.96. The number of ether oxygens (including phenoxy) is 1. The molecule has 3 N–H and O–H groups in total. The van der Waals surface area contributed by atoms with Gasteiger partial charge in [-0.3, -0.25) is 4.79 Å². The maximum atomic E-state index is 12.3. The number of hydrogen-bond donors (Lipinski definition) is 2. The zero-order valence-electron chi connectivity index (χ0n) is 12.8. The Hall–Kier alpha value is -1.66. The van der Waals surface area contributed by atoms with Crippen LogP contribution in [-0.2, 0) is 9.53 Å². The molecule has 1 saturated carbocycles. The van der Waals surface area contributed by atoms with E-state index in [1.807, 2.05) is 12.1 Å². The molecule has 1 saturated heterocycles. The van der Waals surface area contributed by atoms with Gasteiger partial charge in [-0.15, -0.1) is 0 Å². The van der Waals surface area contributed by atoms with Crippen LogP contribution in [0.4, 0.5) is 11.5 Å². The van der Waals surface area contributed by atoms with Gasteiger partial charge in [0.1, 0.15) is 5.82 Å². The smallest absolute Gasteiger partial charge is 0.227 e. The molecule has 2 atom stereocenters. The number of aromatic nitrogens is 1. The van der Waals surface area contributed by atoms with Crippen molar-refractivity contribution in [1.29, 1.82) is 0 Å². The van der Waals surface area contributed by atoms with Crippen molar-refractivity contribution >= 4 is 17.4 Å². The van der Waals surface area contributed by atoms with Crippen LogP contribution in [-0.4, -0.2) is 43.2 Å². The molecule has 120 valence electrons. The predicted molar refractivity (Wildman–Crippen MR) is 85.8 cm³/mol. The first-order chi connectivity index (χ1) is 10.7. The molecule has 0 bridgehead atoms. The molecule has 2 aliphatic rings. The molecule has 3 rings (SSSR count). The Morgan fingerprint density at radius 3 is 2.82 bits per heavy atom. The van der Waals surface area contributed by atoms with Crippen molar-refractivity contribution < 1.29 is 9.53 Å². The number of morpholine rings is 1. The summed E-state index contributed by atoms with van der Waals surface area (Å²) in [6, 6.07) is 4.03. The van der Waals surface area contributed by atoms with Gasteiger partial charge in [0.25, 0.3) is 0 Å². The van der Waals surface area contributed by atoms with E-state index in [1.165, 1.54) is 0 Å². The second-order valence-electron chi connectivity index (χ2n) is 6.12. The van der Waals surface area contributed by atoms with Gasteiger partial charge in [0.15, 0.2) is 0 Å². The molecule has 0 spiro atoms. The summed E-state index contributed by atoms with van der Waals surface area (Å²) in [6.07, 6.45) is 5.50. The fourth-order valence-electron chi connectivity index (χ4n) is 3.15. The fraction of sp³-hybridized carbons (Fsp3) is 0.625. The summed E-state index contributed by atoms with van der Waals surface area (Å²) >= 11 is 0. The van der Waals surface area contributed by atoms with Gasteiger partial charge >= 0.3 is 0 Å². The number of nitrogens with one attached hydrogen (secondary N) is 1. The molecule has 1 aromatic rings. The minimum atomic E-state index is 0.0302. The number of carbonyl (C=O) groups is 1. The number of pyridine rings is 1. The third-order valence-electron chi connectivity index (χ3n) is 4.44. The quantitative estimate of drug-likeness (QED) is 0.881. The molecule has 2 fully saturated rings. The number of rotatable bonds is 3. The van der Waals surface area contributed by atoms with Crippen molar-refractivity contribution in [2.24, 2.45) is 11.7 Å². The Bertz CT molecular complexity index is 499. The zero-order valence-corrected chi connectivity index (χ0v) is 12.8. The molecule has 0 radical (unpaired) electrons. The second-order valence-corrected chi connectivity index (χ2v) is 6.12. The van der Waals surface area contributed by atoms with E-state index in [0.29, 0.717) is 0 Å². The molecule has 1 amide bonds. The normalized spacial score (nSPS) is 25.8. The monoisotopic (exact) mass is 304 g/mol. The van der Waals surface area contributed by atoms with E-state index in [4.69, 9.17) is 10.5 Å². The Kier molecular flexibility index (Phi) is 4.90. The van der Waals surface area contributed by atoms with Crippen LogP contribution in [0.5, 0.6) is 0 Å². The highest BCUT2D eigenvalue weighted by Crippen LogP contribution is 2.24. The highest BCUT2D eigenvalue weighted by atomic mass is 16.5. The second kappa shape index (κ2) is 7.07. The van der Waals surface area contributed by atoms with Crippen molar-refractivity contribution in [3.8, 4) is 0 Å². The number of nitrogens with zero attached hydrogens (tertiary/aromatic N) is 2. The van der Waals surface area contributed by atoms with E-state index in [2.05, 4.69) is 15.2 Å². The minimum absolute atomic E-state index is 0.0302. The van der Waals surface area contributed by atoms with Crippen LogP contribution in [0.25, 0.3) is 0 Å².